The molecule has 0 radical (unpaired) electrons. The Morgan fingerprint density at radius 1 is 1.03 bits per heavy atom. The van der Waals surface area contributed by atoms with Gasteiger partial charge in [0.05, 0.1) is 19.8 Å². The van der Waals surface area contributed by atoms with Crippen LogP contribution in [0.3, 0.4) is 0 Å². The number of benzene rings is 1. The van der Waals surface area contributed by atoms with Crippen molar-refractivity contribution in [1.29, 1.82) is 0 Å². The standard InChI is InChI=1S/C27H29NO4S2/c1-30-21-7-2-6-20(16-21)17-28(18-22-8-3-13-31-22)19-23-11-12-24(32-23)27(29,25-9-4-14-33-25)26-10-5-15-34-26/h2,4-7,9-12,14-16,22,29H,3,8,13,17-19H2,1H3. The van der Waals surface area contributed by atoms with E-state index in [-0.39, 0.29) is 6.10 Å². The first kappa shape index (κ1) is 23.3. The third-order valence-corrected chi connectivity index (χ3v) is 8.14. The number of methoxy groups -OCH3 is 1. The number of aliphatic hydroxyl groups is 1. The van der Waals surface area contributed by atoms with Gasteiger partial charge in [0.1, 0.15) is 17.3 Å². The van der Waals surface area contributed by atoms with Gasteiger partial charge in [0.25, 0.3) is 0 Å². The molecule has 4 heterocycles. The maximum absolute atomic E-state index is 11.9. The third kappa shape index (κ3) is 4.99. The van der Waals surface area contributed by atoms with Crippen LogP contribution < -0.4 is 4.74 Å². The van der Waals surface area contributed by atoms with Gasteiger partial charge in [0.2, 0.25) is 0 Å². The molecule has 34 heavy (non-hydrogen) atoms. The van der Waals surface area contributed by atoms with Crippen LogP contribution in [0.2, 0.25) is 0 Å². The van der Waals surface area contributed by atoms with Crippen molar-refractivity contribution in [3.05, 3.63) is 98.3 Å². The Morgan fingerprint density at radius 2 is 1.82 bits per heavy atom. The normalized spacial score (nSPS) is 16.4. The molecule has 1 unspecified atom stereocenters. The Morgan fingerprint density at radius 3 is 2.47 bits per heavy atom. The number of nitrogens with zero attached hydrogens (tertiary/aromatic N) is 1. The van der Waals surface area contributed by atoms with E-state index in [1.807, 2.05) is 59.3 Å². The van der Waals surface area contributed by atoms with Gasteiger partial charge in [-0.1, -0.05) is 24.3 Å². The Balaban J connectivity index is 1.40. The molecule has 0 saturated carbocycles. The molecule has 1 saturated heterocycles. The molecule has 1 fully saturated rings. The molecule has 0 aliphatic carbocycles. The minimum Gasteiger partial charge on any atom is -0.497 e. The number of furan rings is 1. The van der Waals surface area contributed by atoms with Crippen molar-refractivity contribution < 1.29 is 19.0 Å². The van der Waals surface area contributed by atoms with Gasteiger partial charge >= 0.3 is 0 Å². The summed E-state index contributed by atoms with van der Waals surface area (Å²) < 4.78 is 17.7. The SMILES string of the molecule is COc1cccc(CN(Cc2ccc(C(O)(c3cccs3)c3cccs3)o2)CC2CCCO2)c1. The minimum atomic E-state index is -1.28. The first-order chi connectivity index (χ1) is 16.6. The fourth-order valence-corrected chi connectivity index (χ4v) is 6.25. The summed E-state index contributed by atoms with van der Waals surface area (Å²) in [6, 6.07) is 19.9. The Labute approximate surface area is 208 Å². The molecule has 0 spiro atoms. The maximum atomic E-state index is 11.9. The Kier molecular flexibility index (Phi) is 7.18. The fraction of sp³-hybridized carbons (Fsp3) is 0.333. The smallest absolute Gasteiger partial charge is 0.191 e. The molecule has 1 atom stereocenters. The van der Waals surface area contributed by atoms with Gasteiger partial charge in [0, 0.05) is 29.5 Å². The summed E-state index contributed by atoms with van der Waals surface area (Å²) in [4.78, 5) is 4.05. The zero-order valence-electron chi connectivity index (χ0n) is 19.2. The Bertz CT molecular complexity index is 1130. The molecule has 5 nitrogen and oxygen atoms in total. The largest absolute Gasteiger partial charge is 0.497 e. The second-order valence-electron chi connectivity index (χ2n) is 8.59. The summed E-state index contributed by atoms with van der Waals surface area (Å²) in [6.07, 6.45) is 2.42. The predicted molar refractivity (Wildman–Crippen MR) is 136 cm³/mol. The first-order valence-electron chi connectivity index (χ1n) is 11.5. The molecule has 5 rings (SSSR count). The molecule has 1 aromatic carbocycles. The zero-order valence-corrected chi connectivity index (χ0v) is 20.8. The average molecular weight is 496 g/mol. The summed E-state index contributed by atoms with van der Waals surface area (Å²) in [5.74, 6) is 2.22. The van der Waals surface area contributed by atoms with E-state index in [4.69, 9.17) is 13.9 Å². The second-order valence-corrected chi connectivity index (χ2v) is 10.5. The van der Waals surface area contributed by atoms with Gasteiger partial charge in [-0.3, -0.25) is 4.90 Å². The van der Waals surface area contributed by atoms with Crippen LogP contribution in [0.4, 0.5) is 0 Å². The van der Waals surface area contributed by atoms with E-state index < -0.39 is 5.60 Å². The van der Waals surface area contributed by atoms with E-state index in [2.05, 4.69) is 17.0 Å². The lowest BCUT2D eigenvalue weighted by Crippen LogP contribution is -2.31. The lowest BCUT2D eigenvalue weighted by Gasteiger charge is -2.25. The van der Waals surface area contributed by atoms with Gasteiger partial charge in [-0.15, -0.1) is 22.7 Å². The van der Waals surface area contributed by atoms with E-state index in [0.717, 1.165) is 53.8 Å². The van der Waals surface area contributed by atoms with Crippen LogP contribution >= 0.6 is 22.7 Å². The highest BCUT2D eigenvalue weighted by atomic mass is 32.1. The van der Waals surface area contributed by atoms with Gasteiger partial charge < -0.3 is 19.0 Å². The van der Waals surface area contributed by atoms with Crippen LogP contribution in [0.5, 0.6) is 5.75 Å². The number of ether oxygens (including phenoxy) is 2. The summed E-state index contributed by atoms with van der Waals surface area (Å²) in [5.41, 5.74) is -0.106. The number of hydrogen-bond acceptors (Lipinski definition) is 7. The fourth-order valence-electron chi connectivity index (χ4n) is 4.50. The van der Waals surface area contributed by atoms with Crippen LogP contribution in [0, 0.1) is 0 Å². The van der Waals surface area contributed by atoms with Crippen LogP contribution in [-0.2, 0) is 23.4 Å². The quantitative estimate of drug-likeness (QED) is 0.298. The molecule has 0 bridgehead atoms. The minimum absolute atomic E-state index is 0.231. The molecule has 7 heteroatoms. The zero-order chi connectivity index (χ0) is 23.4. The van der Waals surface area contributed by atoms with Crippen molar-refractivity contribution in [2.75, 3.05) is 20.3 Å². The van der Waals surface area contributed by atoms with Crippen LogP contribution in [0.25, 0.3) is 0 Å². The molecular formula is C27H29NO4S2. The third-order valence-electron chi connectivity index (χ3n) is 6.18. The summed E-state index contributed by atoms with van der Waals surface area (Å²) >= 11 is 3.06. The molecular weight excluding hydrogens is 466 g/mol. The molecule has 3 aromatic heterocycles. The van der Waals surface area contributed by atoms with E-state index in [9.17, 15) is 5.11 Å². The highest BCUT2D eigenvalue weighted by molar-refractivity contribution is 7.11. The van der Waals surface area contributed by atoms with E-state index in [0.29, 0.717) is 12.3 Å². The van der Waals surface area contributed by atoms with Gasteiger partial charge in [-0.25, -0.2) is 0 Å². The van der Waals surface area contributed by atoms with Crippen molar-refractivity contribution in [3.8, 4) is 5.75 Å². The summed E-state index contributed by atoms with van der Waals surface area (Å²) in [5, 5.41) is 15.8. The van der Waals surface area contributed by atoms with Gasteiger partial charge in [-0.05, 0) is 65.6 Å². The van der Waals surface area contributed by atoms with Gasteiger partial charge in [-0.2, -0.15) is 0 Å². The number of thiophene rings is 2. The molecule has 1 N–H and O–H groups in total. The summed E-state index contributed by atoms with van der Waals surface area (Å²) in [7, 11) is 1.69. The van der Waals surface area contributed by atoms with Crippen molar-refractivity contribution in [3.63, 3.8) is 0 Å². The highest BCUT2D eigenvalue weighted by Gasteiger charge is 2.39. The van der Waals surface area contributed by atoms with Crippen molar-refractivity contribution in [2.24, 2.45) is 0 Å². The van der Waals surface area contributed by atoms with Crippen molar-refractivity contribution >= 4 is 22.7 Å². The van der Waals surface area contributed by atoms with E-state index in [1.54, 1.807) is 7.11 Å². The Hall–Kier alpha value is -2.42. The molecule has 178 valence electrons. The van der Waals surface area contributed by atoms with E-state index in [1.165, 1.54) is 28.2 Å². The van der Waals surface area contributed by atoms with Crippen molar-refractivity contribution in [2.45, 2.75) is 37.6 Å². The monoisotopic (exact) mass is 495 g/mol. The topological polar surface area (TPSA) is 55.1 Å². The molecule has 4 aromatic rings. The lowest BCUT2D eigenvalue weighted by molar-refractivity contribution is 0.0634. The highest BCUT2D eigenvalue weighted by Crippen LogP contribution is 2.41. The van der Waals surface area contributed by atoms with Gasteiger partial charge in [0.15, 0.2) is 5.60 Å². The van der Waals surface area contributed by atoms with Crippen molar-refractivity contribution in [1.82, 2.24) is 4.90 Å². The lowest BCUT2D eigenvalue weighted by atomic mass is 9.97. The van der Waals surface area contributed by atoms with Crippen LogP contribution in [0.15, 0.2) is 75.8 Å². The molecule has 0 amide bonds. The van der Waals surface area contributed by atoms with Crippen LogP contribution in [-0.4, -0.2) is 36.4 Å². The molecule has 1 aliphatic rings. The first-order valence-corrected chi connectivity index (χ1v) is 13.3. The maximum Gasteiger partial charge on any atom is 0.191 e. The molecule has 1 aliphatic heterocycles. The van der Waals surface area contributed by atoms with Crippen LogP contribution in [0.1, 0.15) is 39.7 Å². The predicted octanol–water partition coefficient (Wildman–Crippen LogP) is 5.88. The number of hydrogen-bond donors (Lipinski definition) is 1. The number of rotatable bonds is 10. The summed E-state index contributed by atoms with van der Waals surface area (Å²) in [6.45, 7) is 3.04. The van der Waals surface area contributed by atoms with E-state index >= 15 is 0 Å². The second kappa shape index (κ2) is 10.5. The average Bonchev–Trinajstić information content (AvgIpc) is 3.66.